The Labute approximate surface area is 160 Å². The van der Waals surface area contributed by atoms with E-state index in [-0.39, 0.29) is 11.7 Å². The van der Waals surface area contributed by atoms with Gasteiger partial charge in [0.15, 0.2) is 10.1 Å². The number of hydrogen-bond donors (Lipinski definition) is 1. The highest BCUT2D eigenvalue weighted by molar-refractivity contribution is 8.01. The number of carbonyl (C=O) groups is 2. The Morgan fingerprint density at radius 3 is 2.85 bits per heavy atom. The molecule has 3 rings (SSSR count). The van der Waals surface area contributed by atoms with E-state index in [1.54, 1.807) is 18.2 Å². The SMILES string of the molecule is O=C(/C=C/C1CC=CCC1)Nc1nnc(SCC(=O)c2ccccc2)s1. The summed E-state index contributed by atoms with van der Waals surface area (Å²) >= 11 is 2.60. The number of carbonyl (C=O) groups excluding carboxylic acids is 2. The molecule has 1 aliphatic rings. The van der Waals surface area contributed by atoms with E-state index >= 15 is 0 Å². The van der Waals surface area contributed by atoms with Crippen LogP contribution in [0.15, 0.2) is 59.0 Å². The molecule has 1 atom stereocenters. The molecule has 1 amide bonds. The van der Waals surface area contributed by atoms with Crippen molar-refractivity contribution in [3.05, 3.63) is 60.2 Å². The minimum Gasteiger partial charge on any atom is -0.297 e. The predicted molar refractivity (Wildman–Crippen MR) is 106 cm³/mol. The van der Waals surface area contributed by atoms with Gasteiger partial charge in [-0.05, 0) is 31.3 Å². The number of rotatable bonds is 7. The molecule has 134 valence electrons. The Balaban J connectivity index is 1.46. The average molecular weight is 386 g/mol. The van der Waals surface area contributed by atoms with Crippen LogP contribution in [0.4, 0.5) is 5.13 Å². The van der Waals surface area contributed by atoms with E-state index in [1.165, 1.54) is 23.1 Å². The van der Waals surface area contributed by atoms with Gasteiger partial charge in [-0.2, -0.15) is 0 Å². The van der Waals surface area contributed by atoms with Crippen molar-refractivity contribution < 1.29 is 9.59 Å². The van der Waals surface area contributed by atoms with Gasteiger partial charge in [0.05, 0.1) is 5.75 Å². The number of benzene rings is 1. The fourth-order valence-electron chi connectivity index (χ4n) is 2.52. The van der Waals surface area contributed by atoms with Crippen LogP contribution in [0.25, 0.3) is 0 Å². The van der Waals surface area contributed by atoms with Crippen LogP contribution in [-0.2, 0) is 4.79 Å². The molecule has 2 aromatic rings. The van der Waals surface area contributed by atoms with E-state index in [0.717, 1.165) is 19.3 Å². The Bertz CT molecular complexity index is 815. The highest BCUT2D eigenvalue weighted by Gasteiger charge is 2.11. The average Bonchev–Trinajstić information content (AvgIpc) is 3.13. The minimum atomic E-state index is -0.201. The molecule has 1 N–H and O–H groups in total. The van der Waals surface area contributed by atoms with Crippen molar-refractivity contribution in [2.75, 3.05) is 11.1 Å². The number of ketones is 1. The number of amides is 1. The topological polar surface area (TPSA) is 72.0 Å². The highest BCUT2D eigenvalue weighted by Crippen LogP contribution is 2.26. The van der Waals surface area contributed by atoms with Crippen LogP contribution >= 0.6 is 23.1 Å². The van der Waals surface area contributed by atoms with Crippen molar-refractivity contribution in [2.45, 2.75) is 23.6 Å². The normalized spacial score (nSPS) is 16.7. The minimum absolute atomic E-state index is 0.0425. The third kappa shape index (κ3) is 5.64. The molecule has 7 heteroatoms. The molecule has 1 aliphatic carbocycles. The second-order valence-electron chi connectivity index (χ2n) is 5.84. The van der Waals surface area contributed by atoms with Crippen molar-refractivity contribution >= 4 is 39.9 Å². The zero-order valence-corrected chi connectivity index (χ0v) is 15.8. The Morgan fingerprint density at radius 2 is 2.08 bits per heavy atom. The van der Waals surface area contributed by atoms with Gasteiger partial charge in [0.2, 0.25) is 11.0 Å². The summed E-state index contributed by atoms with van der Waals surface area (Å²) in [7, 11) is 0. The van der Waals surface area contributed by atoms with Crippen LogP contribution in [0.2, 0.25) is 0 Å². The second-order valence-corrected chi connectivity index (χ2v) is 8.04. The van der Waals surface area contributed by atoms with Crippen molar-refractivity contribution in [3.8, 4) is 0 Å². The first-order valence-electron chi connectivity index (χ1n) is 8.39. The lowest BCUT2D eigenvalue weighted by molar-refractivity contribution is -0.111. The maximum atomic E-state index is 12.1. The van der Waals surface area contributed by atoms with Crippen LogP contribution in [-0.4, -0.2) is 27.6 Å². The zero-order valence-electron chi connectivity index (χ0n) is 14.1. The van der Waals surface area contributed by atoms with Gasteiger partial charge in [0.25, 0.3) is 0 Å². The number of hydrogen-bond acceptors (Lipinski definition) is 6. The van der Waals surface area contributed by atoms with Crippen LogP contribution in [0.5, 0.6) is 0 Å². The van der Waals surface area contributed by atoms with E-state index in [4.69, 9.17) is 0 Å². The van der Waals surface area contributed by atoms with Gasteiger partial charge >= 0.3 is 0 Å². The summed E-state index contributed by atoms with van der Waals surface area (Å²) in [4.78, 5) is 24.1. The second kappa shape index (κ2) is 9.45. The molecule has 0 aliphatic heterocycles. The maximum Gasteiger partial charge on any atom is 0.249 e. The molecular formula is C19H19N3O2S2. The lowest BCUT2D eigenvalue weighted by Gasteiger charge is -2.12. The molecule has 1 aromatic carbocycles. The van der Waals surface area contributed by atoms with E-state index in [0.29, 0.717) is 26.7 Å². The number of Topliss-reactive ketones (excluding diaryl/α,β-unsaturated/α-hetero) is 1. The van der Waals surface area contributed by atoms with E-state index < -0.39 is 0 Å². The summed E-state index contributed by atoms with van der Waals surface area (Å²) in [6.07, 6.45) is 11.0. The highest BCUT2D eigenvalue weighted by atomic mass is 32.2. The van der Waals surface area contributed by atoms with Crippen molar-refractivity contribution in [1.29, 1.82) is 0 Å². The monoisotopic (exact) mass is 385 g/mol. The van der Waals surface area contributed by atoms with Gasteiger partial charge in [0.1, 0.15) is 0 Å². The van der Waals surface area contributed by atoms with E-state index in [9.17, 15) is 9.59 Å². The van der Waals surface area contributed by atoms with Crippen LogP contribution in [0.3, 0.4) is 0 Å². The first-order chi connectivity index (χ1) is 12.7. The van der Waals surface area contributed by atoms with E-state index in [2.05, 4.69) is 27.7 Å². The molecule has 0 radical (unpaired) electrons. The number of anilines is 1. The molecule has 0 saturated heterocycles. The lowest BCUT2D eigenvalue weighted by atomic mass is 9.94. The number of nitrogens with one attached hydrogen (secondary N) is 1. The van der Waals surface area contributed by atoms with Crippen LogP contribution in [0.1, 0.15) is 29.6 Å². The molecule has 0 saturated carbocycles. The molecule has 0 fully saturated rings. The van der Waals surface area contributed by atoms with Gasteiger partial charge in [-0.25, -0.2) is 0 Å². The summed E-state index contributed by atoms with van der Waals surface area (Å²) in [5, 5.41) is 11.1. The molecule has 5 nitrogen and oxygen atoms in total. The third-order valence-electron chi connectivity index (χ3n) is 3.89. The molecule has 1 aromatic heterocycles. The Hall–Kier alpha value is -2.25. The fraction of sp³-hybridized carbons (Fsp3) is 0.263. The molecule has 1 unspecified atom stereocenters. The molecule has 0 spiro atoms. The van der Waals surface area contributed by atoms with E-state index in [1.807, 2.05) is 24.3 Å². The fourth-order valence-corrected chi connectivity index (χ4v) is 4.17. The predicted octanol–water partition coefficient (Wildman–Crippen LogP) is 4.36. The molecule has 0 bridgehead atoms. The molecule has 1 heterocycles. The van der Waals surface area contributed by atoms with Gasteiger partial charge in [-0.1, -0.05) is 71.7 Å². The first-order valence-corrected chi connectivity index (χ1v) is 10.2. The molecular weight excluding hydrogens is 366 g/mol. The van der Waals surface area contributed by atoms with Gasteiger partial charge in [-0.3, -0.25) is 14.9 Å². The third-order valence-corrected chi connectivity index (χ3v) is 5.86. The van der Waals surface area contributed by atoms with Gasteiger partial charge in [0, 0.05) is 5.56 Å². The summed E-state index contributed by atoms with van der Waals surface area (Å²) in [5.74, 6) is 0.561. The lowest BCUT2D eigenvalue weighted by Crippen LogP contribution is -2.09. The van der Waals surface area contributed by atoms with Crippen LogP contribution in [0, 0.1) is 5.92 Å². The van der Waals surface area contributed by atoms with Crippen LogP contribution < -0.4 is 5.32 Å². The first kappa shape index (κ1) is 18.5. The quantitative estimate of drug-likeness (QED) is 0.252. The summed E-state index contributed by atoms with van der Waals surface area (Å²) < 4.78 is 0.658. The van der Waals surface area contributed by atoms with Crippen molar-refractivity contribution in [3.63, 3.8) is 0 Å². The van der Waals surface area contributed by atoms with Gasteiger partial charge < -0.3 is 0 Å². The smallest absolute Gasteiger partial charge is 0.249 e. The summed E-state index contributed by atoms with van der Waals surface area (Å²) in [5.41, 5.74) is 0.681. The summed E-state index contributed by atoms with van der Waals surface area (Å²) in [6.45, 7) is 0. The molecule has 26 heavy (non-hydrogen) atoms. The maximum absolute atomic E-state index is 12.1. The Morgan fingerprint density at radius 1 is 1.23 bits per heavy atom. The van der Waals surface area contributed by atoms with Gasteiger partial charge in [-0.15, -0.1) is 10.2 Å². The zero-order chi connectivity index (χ0) is 18.2. The van der Waals surface area contributed by atoms with Crippen molar-refractivity contribution in [1.82, 2.24) is 10.2 Å². The number of nitrogens with zero attached hydrogens (tertiary/aromatic N) is 2. The largest absolute Gasteiger partial charge is 0.297 e. The summed E-state index contributed by atoms with van der Waals surface area (Å²) in [6, 6.07) is 9.15. The number of thioether (sulfide) groups is 1. The Kier molecular flexibility index (Phi) is 6.74. The number of aromatic nitrogens is 2. The standard InChI is InChI=1S/C19H19N3O2S2/c23-16(15-9-5-2-6-10-15)13-25-19-22-21-18(26-19)20-17(24)12-11-14-7-3-1-4-8-14/h1-3,5-6,9-12,14H,4,7-8,13H2,(H,20,21,24)/b12-11+. The van der Waals surface area contributed by atoms with Crippen molar-refractivity contribution in [2.24, 2.45) is 5.92 Å². The number of allylic oxidation sites excluding steroid dienone is 3.